The molecule has 4 nitrogen and oxygen atoms in total. The largest absolute Gasteiger partial charge is 0.478 e. The molecule has 2 aromatic rings. The standard InChI is InChI=1S/C13H14N2O2/c1-8-2-3-10-9(6-8)12(13(16)17)11-7-14-4-5-15(10)11/h2-3,6,14H,4-5,7H2,1H3,(H,16,17). The number of nitrogens with zero attached hydrogens (tertiary/aromatic N) is 1. The Hall–Kier alpha value is -1.81. The summed E-state index contributed by atoms with van der Waals surface area (Å²) in [5, 5.41) is 13.5. The summed E-state index contributed by atoms with van der Waals surface area (Å²) in [5.74, 6) is -0.835. The highest BCUT2D eigenvalue weighted by Crippen LogP contribution is 2.28. The van der Waals surface area contributed by atoms with Crippen LogP contribution < -0.4 is 5.32 Å². The minimum Gasteiger partial charge on any atom is -0.478 e. The number of fused-ring (bicyclic) bond motifs is 3. The van der Waals surface area contributed by atoms with Crippen molar-refractivity contribution in [2.24, 2.45) is 0 Å². The lowest BCUT2D eigenvalue weighted by Gasteiger charge is -2.17. The third-order valence-corrected chi connectivity index (χ3v) is 3.35. The van der Waals surface area contributed by atoms with E-state index < -0.39 is 5.97 Å². The average Bonchev–Trinajstić information content (AvgIpc) is 2.62. The third-order valence-electron chi connectivity index (χ3n) is 3.35. The number of aromatic carboxylic acids is 1. The van der Waals surface area contributed by atoms with Gasteiger partial charge in [-0.05, 0) is 19.1 Å². The van der Waals surface area contributed by atoms with Gasteiger partial charge in [-0.25, -0.2) is 4.79 Å². The number of carboxylic acids is 1. The topological polar surface area (TPSA) is 54.3 Å². The molecule has 4 heteroatoms. The number of hydrogen-bond donors (Lipinski definition) is 2. The van der Waals surface area contributed by atoms with Gasteiger partial charge in [0.2, 0.25) is 0 Å². The van der Waals surface area contributed by atoms with Crippen molar-refractivity contribution in [2.45, 2.75) is 20.0 Å². The molecule has 0 amide bonds. The van der Waals surface area contributed by atoms with Gasteiger partial charge in [-0.3, -0.25) is 0 Å². The maximum atomic E-state index is 11.4. The molecule has 1 aliphatic rings. The zero-order valence-electron chi connectivity index (χ0n) is 9.66. The van der Waals surface area contributed by atoms with Crippen LogP contribution in [0.5, 0.6) is 0 Å². The fourth-order valence-corrected chi connectivity index (χ4v) is 2.60. The van der Waals surface area contributed by atoms with Crippen LogP contribution in [0.4, 0.5) is 0 Å². The van der Waals surface area contributed by atoms with Crippen molar-refractivity contribution in [3.63, 3.8) is 0 Å². The van der Waals surface area contributed by atoms with E-state index in [-0.39, 0.29) is 0 Å². The van der Waals surface area contributed by atoms with Gasteiger partial charge in [-0.1, -0.05) is 11.6 Å². The van der Waals surface area contributed by atoms with Gasteiger partial charge in [0.1, 0.15) is 0 Å². The van der Waals surface area contributed by atoms with E-state index in [1.165, 1.54) is 0 Å². The predicted octanol–water partition coefficient (Wildman–Crippen LogP) is 1.75. The predicted molar refractivity (Wildman–Crippen MR) is 65.3 cm³/mol. The Balaban J connectivity index is 2.42. The zero-order chi connectivity index (χ0) is 12.0. The van der Waals surface area contributed by atoms with Crippen LogP contribution >= 0.6 is 0 Å². The molecule has 1 aromatic carbocycles. The van der Waals surface area contributed by atoms with Crippen molar-refractivity contribution in [1.82, 2.24) is 9.88 Å². The van der Waals surface area contributed by atoms with Gasteiger partial charge in [-0.15, -0.1) is 0 Å². The van der Waals surface area contributed by atoms with Gasteiger partial charge in [0.25, 0.3) is 0 Å². The van der Waals surface area contributed by atoms with Gasteiger partial charge in [0.15, 0.2) is 0 Å². The minimum absolute atomic E-state index is 0.455. The summed E-state index contributed by atoms with van der Waals surface area (Å²) in [6.07, 6.45) is 0. The fraction of sp³-hybridized carbons (Fsp3) is 0.308. The summed E-state index contributed by atoms with van der Waals surface area (Å²) in [6.45, 7) is 4.35. The van der Waals surface area contributed by atoms with Crippen molar-refractivity contribution in [1.29, 1.82) is 0 Å². The first kappa shape index (κ1) is 10.4. The number of aromatic nitrogens is 1. The van der Waals surface area contributed by atoms with Crippen LogP contribution in [0.1, 0.15) is 21.6 Å². The normalized spacial score (nSPS) is 14.9. The Labute approximate surface area is 98.9 Å². The summed E-state index contributed by atoms with van der Waals surface area (Å²) in [6, 6.07) is 6.01. The summed E-state index contributed by atoms with van der Waals surface area (Å²) >= 11 is 0. The van der Waals surface area contributed by atoms with E-state index in [1.54, 1.807) is 0 Å². The van der Waals surface area contributed by atoms with Crippen molar-refractivity contribution in [2.75, 3.05) is 6.54 Å². The van der Waals surface area contributed by atoms with E-state index in [4.69, 9.17) is 0 Å². The summed E-state index contributed by atoms with van der Waals surface area (Å²) in [7, 11) is 0. The summed E-state index contributed by atoms with van der Waals surface area (Å²) in [5.41, 5.74) is 3.47. The Morgan fingerprint density at radius 2 is 2.29 bits per heavy atom. The smallest absolute Gasteiger partial charge is 0.338 e. The number of hydrogen-bond acceptors (Lipinski definition) is 2. The highest BCUT2D eigenvalue weighted by molar-refractivity contribution is 6.05. The lowest BCUT2D eigenvalue weighted by Crippen LogP contribution is -2.28. The van der Waals surface area contributed by atoms with Gasteiger partial charge < -0.3 is 15.0 Å². The second-order valence-electron chi connectivity index (χ2n) is 4.48. The SMILES string of the molecule is Cc1ccc2c(c1)c(C(=O)O)c1n2CCNC1. The molecule has 17 heavy (non-hydrogen) atoms. The van der Waals surface area contributed by atoms with E-state index in [0.717, 1.165) is 35.2 Å². The van der Waals surface area contributed by atoms with Crippen LogP contribution in [0.15, 0.2) is 18.2 Å². The van der Waals surface area contributed by atoms with Gasteiger partial charge in [0.05, 0.1) is 5.56 Å². The van der Waals surface area contributed by atoms with Crippen LogP contribution in [0, 0.1) is 6.92 Å². The molecular weight excluding hydrogens is 216 g/mol. The molecule has 0 atom stereocenters. The van der Waals surface area contributed by atoms with E-state index >= 15 is 0 Å². The number of carboxylic acid groups (broad SMARTS) is 1. The lowest BCUT2D eigenvalue weighted by atomic mass is 10.1. The van der Waals surface area contributed by atoms with Crippen LogP contribution in [0.2, 0.25) is 0 Å². The van der Waals surface area contributed by atoms with Crippen LogP contribution in [0.25, 0.3) is 10.9 Å². The lowest BCUT2D eigenvalue weighted by molar-refractivity contribution is 0.0697. The second kappa shape index (κ2) is 3.60. The molecule has 0 saturated carbocycles. The highest BCUT2D eigenvalue weighted by Gasteiger charge is 2.23. The summed E-state index contributed by atoms with van der Waals surface area (Å²) < 4.78 is 2.12. The van der Waals surface area contributed by atoms with E-state index in [0.29, 0.717) is 12.1 Å². The molecular formula is C13H14N2O2. The van der Waals surface area contributed by atoms with Crippen molar-refractivity contribution >= 4 is 16.9 Å². The molecule has 0 spiro atoms. The van der Waals surface area contributed by atoms with Gasteiger partial charge in [-0.2, -0.15) is 0 Å². The quantitative estimate of drug-likeness (QED) is 0.784. The maximum Gasteiger partial charge on any atom is 0.338 e. The first-order valence-corrected chi connectivity index (χ1v) is 5.74. The average molecular weight is 230 g/mol. The molecule has 1 aliphatic heterocycles. The molecule has 0 radical (unpaired) electrons. The van der Waals surface area contributed by atoms with Crippen molar-refractivity contribution in [3.05, 3.63) is 35.0 Å². The molecule has 0 saturated heterocycles. The van der Waals surface area contributed by atoms with Crippen LogP contribution in [-0.4, -0.2) is 22.2 Å². The third kappa shape index (κ3) is 1.45. The van der Waals surface area contributed by atoms with Crippen molar-refractivity contribution < 1.29 is 9.90 Å². The van der Waals surface area contributed by atoms with Gasteiger partial charge >= 0.3 is 5.97 Å². The molecule has 2 N–H and O–H groups in total. The molecule has 0 unspecified atom stereocenters. The summed E-state index contributed by atoms with van der Waals surface area (Å²) in [4.78, 5) is 11.4. The Kier molecular flexibility index (Phi) is 2.19. The molecule has 1 aromatic heterocycles. The first-order valence-electron chi connectivity index (χ1n) is 5.74. The second-order valence-corrected chi connectivity index (χ2v) is 4.48. The highest BCUT2D eigenvalue weighted by atomic mass is 16.4. The molecule has 3 rings (SSSR count). The number of rotatable bonds is 1. The monoisotopic (exact) mass is 230 g/mol. The minimum atomic E-state index is -0.835. The molecule has 0 bridgehead atoms. The Bertz CT molecular complexity index is 613. The number of aryl methyl sites for hydroxylation is 1. The van der Waals surface area contributed by atoms with E-state index in [1.807, 2.05) is 25.1 Å². The Morgan fingerprint density at radius 1 is 1.47 bits per heavy atom. The van der Waals surface area contributed by atoms with Crippen molar-refractivity contribution in [3.8, 4) is 0 Å². The number of nitrogens with one attached hydrogen (secondary N) is 1. The van der Waals surface area contributed by atoms with Crippen LogP contribution in [0.3, 0.4) is 0 Å². The number of carbonyl (C=O) groups is 1. The molecule has 2 heterocycles. The maximum absolute atomic E-state index is 11.4. The Morgan fingerprint density at radius 3 is 3.06 bits per heavy atom. The van der Waals surface area contributed by atoms with Crippen LogP contribution in [-0.2, 0) is 13.1 Å². The molecule has 0 aliphatic carbocycles. The van der Waals surface area contributed by atoms with Gasteiger partial charge in [0, 0.05) is 36.2 Å². The number of benzene rings is 1. The van der Waals surface area contributed by atoms with E-state index in [9.17, 15) is 9.90 Å². The molecule has 0 fully saturated rings. The molecule has 88 valence electrons. The van der Waals surface area contributed by atoms with E-state index in [2.05, 4.69) is 9.88 Å². The fourth-order valence-electron chi connectivity index (χ4n) is 2.60. The first-order chi connectivity index (χ1) is 8.18. The zero-order valence-corrected chi connectivity index (χ0v) is 9.66.